The van der Waals surface area contributed by atoms with Crippen LogP contribution in [0.4, 0.5) is 5.69 Å². The number of ether oxygens (including phenoxy) is 3. The Morgan fingerprint density at radius 1 is 1.00 bits per heavy atom. The Balaban J connectivity index is 2.25. The fraction of sp³-hybridized carbons (Fsp3) is 0.286. The van der Waals surface area contributed by atoms with Gasteiger partial charge in [-0.05, 0) is 43.2 Å². The first-order chi connectivity index (χ1) is 13.4. The predicted molar refractivity (Wildman–Crippen MR) is 104 cm³/mol. The number of amides is 1. The van der Waals surface area contributed by atoms with Crippen LogP contribution in [0.25, 0.3) is 0 Å². The molecule has 0 fully saturated rings. The lowest BCUT2D eigenvalue weighted by Crippen LogP contribution is -2.31. The van der Waals surface area contributed by atoms with E-state index in [1.165, 1.54) is 32.4 Å². The van der Waals surface area contributed by atoms with Crippen molar-refractivity contribution in [2.75, 3.05) is 19.5 Å². The average Bonchev–Trinajstić information content (AvgIpc) is 2.72. The van der Waals surface area contributed by atoms with Crippen molar-refractivity contribution in [1.82, 2.24) is 0 Å². The third-order valence-corrected chi connectivity index (χ3v) is 4.13. The third-order valence-electron chi connectivity index (χ3n) is 4.13. The highest BCUT2D eigenvalue weighted by molar-refractivity contribution is 6.04. The fourth-order valence-corrected chi connectivity index (χ4v) is 2.57. The first-order valence-corrected chi connectivity index (χ1v) is 8.77. The zero-order chi connectivity index (χ0) is 20.7. The number of hydrogen-bond acceptors (Lipinski definition) is 6. The molecule has 0 spiro atoms. The molecular weight excluding hydrogens is 362 g/mol. The van der Waals surface area contributed by atoms with Crippen LogP contribution in [0.5, 0.6) is 5.75 Å². The second-order valence-corrected chi connectivity index (χ2v) is 5.95. The number of aryl methyl sites for hydroxylation is 1. The second-order valence-electron chi connectivity index (χ2n) is 5.95. The maximum absolute atomic E-state index is 12.6. The fourth-order valence-electron chi connectivity index (χ4n) is 2.57. The van der Waals surface area contributed by atoms with Crippen LogP contribution in [0, 0.1) is 0 Å². The summed E-state index contributed by atoms with van der Waals surface area (Å²) in [6.07, 6.45) is -0.0713. The summed E-state index contributed by atoms with van der Waals surface area (Å²) >= 11 is 0. The molecule has 0 radical (unpaired) electrons. The van der Waals surface area contributed by atoms with Crippen LogP contribution in [0.3, 0.4) is 0 Å². The molecule has 0 unspecified atom stereocenters. The first kappa shape index (κ1) is 21.0. The standard InChI is InChI=1S/C21H23NO6/c1-5-14-8-6-7-9-18(14)28-13(2)19(23)22-17-12-15(20(24)26-3)10-11-16(17)21(25)27-4/h6-13H,5H2,1-4H3,(H,22,23)/t13-/m1/s1. The topological polar surface area (TPSA) is 90.9 Å². The van der Waals surface area contributed by atoms with Gasteiger partial charge in [-0.2, -0.15) is 0 Å². The Morgan fingerprint density at radius 2 is 1.68 bits per heavy atom. The molecule has 1 N–H and O–H groups in total. The molecule has 0 aliphatic carbocycles. The number of rotatable bonds is 7. The van der Waals surface area contributed by atoms with Gasteiger partial charge in [0.05, 0.1) is 31.0 Å². The molecule has 1 amide bonds. The summed E-state index contributed by atoms with van der Waals surface area (Å²) in [5.41, 5.74) is 1.42. The van der Waals surface area contributed by atoms with Crippen LogP contribution in [0.15, 0.2) is 42.5 Å². The van der Waals surface area contributed by atoms with Crippen molar-refractivity contribution < 1.29 is 28.6 Å². The summed E-state index contributed by atoms with van der Waals surface area (Å²) in [5, 5.41) is 2.63. The van der Waals surface area contributed by atoms with E-state index in [1.807, 2.05) is 25.1 Å². The van der Waals surface area contributed by atoms with E-state index >= 15 is 0 Å². The summed E-state index contributed by atoms with van der Waals surface area (Å²) < 4.78 is 15.2. The molecule has 0 saturated heterocycles. The molecule has 1 atom stereocenters. The molecule has 2 aromatic rings. The minimum Gasteiger partial charge on any atom is -0.481 e. The highest BCUT2D eigenvalue weighted by Gasteiger charge is 2.21. The number of para-hydroxylation sites is 1. The van der Waals surface area contributed by atoms with Crippen LogP contribution in [-0.2, 0) is 20.7 Å². The summed E-state index contributed by atoms with van der Waals surface area (Å²) in [7, 11) is 2.48. The van der Waals surface area contributed by atoms with Crippen LogP contribution in [0.1, 0.15) is 40.1 Å². The van der Waals surface area contributed by atoms with Crippen molar-refractivity contribution in [2.24, 2.45) is 0 Å². The molecule has 7 nitrogen and oxygen atoms in total. The highest BCUT2D eigenvalue weighted by Crippen LogP contribution is 2.22. The number of nitrogens with one attached hydrogen (secondary N) is 1. The maximum atomic E-state index is 12.6. The molecule has 0 aliphatic rings. The zero-order valence-electron chi connectivity index (χ0n) is 16.3. The average molecular weight is 385 g/mol. The van der Waals surface area contributed by atoms with E-state index < -0.39 is 23.9 Å². The molecular formula is C21H23NO6. The maximum Gasteiger partial charge on any atom is 0.339 e. The third kappa shape index (κ3) is 4.88. The summed E-state index contributed by atoms with van der Waals surface area (Å²) in [5.74, 6) is -1.09. The van der Waals surface area contributed by atoms with E-state index in [4.69, 9.17) is 9.47 Å². The second kappa shape index (κ2) is 9.55. The molecule has 2 aromatic carbocycles. The number of esters is 2. The van der Waals surface area contributed by atoms with Gasteiger partial charge < -0.3 is 19.5 Å². The Labute approximate surface area is 163 Å². The Hall–Kier alpha value is -3.35. The smallest absolute Gasteiger partial charge is 0.339 e. The van der Waals surface area contributed by atoms with E-state index in [-0.39, 0.29) is 16.8 Å². The van der Waals surface area contributed by atoms with Gasteiger partial charge in [0.15, 0.2) is 6.10 Å². The molecule has 28 heavy (non-hydrogen) atoms. The van der Waals surface area contributed by atoms with Gasteiger partial charge >= 0.3 is 11.9 Å². The van der Waals surface area contributed by atoms with Gasteiger partial charge in [-0.15, -0.1) is 0 Å². The van der Waals surface area contributed by atoms with Crippen molar-refractivity contribution in [3.63, 3.8) is 0 Å². The molecule has 2 rings (SSSR count). The number of methoxy groups -OCH3 is 2. The normalized spacial score (nSPS) is 11.3. The van der Waals surface area contributed by atoms with Gasteiger partial charge in [0.1, 0.15) is 5.75 Å². The first-order valence-electron chi connectivity index (χ1n) is 8.77. The van der Waals surface area contributed by atoms with Crippen molar-refractivity contribution in [1.29, 1.82) is 0 Å². The van der Waals surface area contributed by atoms with Crippen molar-refractivity contribution in [3.05, 3.63) is 59.2 Å². The molecule has 0 aromatic heterocycles. The van der Waals surface area contributed by atoms with Crippen LogP contribution in [-0.4, -0.2) is 38.2 Å². The SMILES string of the molecule is CCc1ccccc1O[C@H](C)C(=O)Nc1cc(C(=O)OC)ccc1C(=O)OC. The molecule has 0 heterocycles. The lowest BCUT2D eigenvalue weighted by Gasteiger charge is -2.18. The van der Waals surface area contributed by atoms with Gasteiger partial charge in [0.2, 0.25) is 0 Å². The zero-order valence-corrected chi connectivity index (χ0v) is 16.3. The highest BCUT2D eigenvalue weighted by atomic mass is 16.5. The molecule has 0 aliphatic heterocycles. The van der Waals surface area contributed by atoms with Gasteiger partial charge in [0, 0.05) is 0 Å². The molecule has 148 valence electrons. The van der Waals surface area contributed by atoms with Crippen LogP contribution in [0.2, 0.25) is 0 Å². The van der Waals surface area contributed by atoms with Crippen LogP contribution >= 0.6 is 0 Å². The summed E-state index contributed by atoms with van der Waals surface area (Å²) in [4.78, 5) is 36.4. The number of carbonyl (C=O) groups is 3. The van der Waals surface area contributed by atoms with Crippen LogP contribution < -0.4 is 10.1 Å². The van der Waals surface area contributed by atoms with E-state index in [0.29, 0.717) is 5.75 Å². The van der Waals surface area contributed by atoms with E-state index in [0.717, 1.165) is 12.0 Å². The Morgan fingerprint density at radius 3 is 2.32 bits per heavy atom. The minimum atomic E-state index is -0.833. The predicted octanol–water partition coefficient (Wildman–Crippen LogP) is 3.23. The lowest BCUT2D eigenvalue weighted by molar-refractivity contribution is -0.122. The van der Waals surface area contributed by atoms with E-state index in [9.17, 15) is 14.4 Å². The molecule has 0 bridgehead atoms. The number of hydrogen-bond donors (Lipinski definition) is 1. The van der Waals surface area contributed by atoms with Crippen molar-refractivity contribution in [3.8, 4) is 5.75 Å². The largest absolute Gasteiger partial charge is 0.481 e. The number of benzene rings is 2. The Bertz CT molecular complexity index is 877. The van der Waals surface area contributed by atoms with E-state index in [1.54, 1.807) is 13.0 Å². The van der Waals surface area contributed by atoms with Gasteiger partial charge in [-0.25, -0.2) is 9.59 Å². The van der Waals surface area contributed by atoms with Gasteiger partial charge in [-0.1, -0.05) is 25.1 Å². The summed E-state index contributed by atoms with van der Waals surface area (Å²) in [6.45, 7) is 3.59. The summed E-state index contributed by atoms with van der Waals surface area (Å²) in [6, 6.07) is 11.6. The monoisotopic (exact) mass is 385 g/mol. The lowest BCUT2D eigenvalue weighted by atomic mass is 10.1. The number of anilines is 1. The molecule has 0 saturated carbocycles. The van der Waals surface area contributed by atoms with Crippen molar-refractivity contribution in [2.45, 2.75) is 26.4 Å². The van der Waals surface area contributed by atoms with Crippen molar-refractivity contribution >= 4 is 23.5 Å². The van der Waals surface area contributed by atoms with Gasteiger partial charge in [0.25, 0.3) is 5.91 Å². The quantitative estimate of drug-likeness (QED) is 0.736. The number of carbonyl (C=O) groups excluding carboxylic acids is 3. The minimum absolute atomic E-state index is 0.115. The Kier molecular flexibility index (Phi) is 7.14. The van der Waals surface area contributed by atoms with Gasteiger partial charge in [-0.3, -0.25) is 4.79 Å². The molecule has 7 heteroatoms. The van der Waals surface area contributed by atoms with E-state index in [2.05, 4.69) is 10.1 Å².